The van der Waals surface area contributed by atoms with E-state index in [0.29, 0.717) is 11.8 Å². The van der Waals surface area contributed by atoms with Crippen LogP contribution in [0.2, 0.25) is 0 Å². The van der Waals surface area contributed by atoms with E-state index in [1.807, 2.05) is 0 Å². The molecule has 2 unspecified atom stereocenters. The number of hydrogen-bond acceptors (Lipinski definition) is 0. The highest BCUT2D eigenvalue weighted by molar-refractivity contribution is 6.53. The molecule has 2 aliphatic rings. The fourth-order valence-electron chi connectivity index (χ4n) is 2.96. The van der Waals surface area contributed by atoms with Crippen LogP contribution in [0.5, 0.6) is 0 Å². The smallest absolute Gasteiger partial charge is 0.126 e. The molecule has 6 heteroatoms. The van der Waals surface area contributed by atoms with Gasteiger partial charge in [-0.25, -0.2) is 0 Å². The Kier molecular flexibility index (Phi) is 3.95. The van der Waals surface area contributed by atoms with E-state index in [1.165, 1.54) is 5.54 Å². The SMILES string of the molecule is Cl/C=C1\C2CC([C@@H](Cl)C2(Cl)Cl)C1(CCl)CCl. The quantitative estimate of drug-likeness (QED) is 0.619. The van der Waals surface area contributed by atoms with Gasteiger partial charge in [-0.1, -0.05) is 34.8 Å². The minimum atomic E-state index is -0.964. The Bertz CT molecular complexity index is 319. The van der Waals surface area contributed by atoms with Gasteiger partial charge in [0, 0.05) is 28.6 Å². The molecule has 2 aliphatic carbocycles. The lowest BCUT2D eigenvalue weighted by atomic mass is 9.72. The summed E-state index contributed by atoms with van der Waals surface area (Å²) in [5.74, 6) is 0.833. The number of halogens is 6. The fourth-order valence-corrected chi connectivity index (χ4v) is 5.54. The monoisotopic (exact) mass is 340 g/mol. The molecule has 2 fully saturated rings. The van der Waals surface area contributed by atoms with Gasteiger partial charge in [0.1, 0.15) is 4.33 Å². The summed E-state index contributed by atoms with van der Waals surface area (Å²) in [6, 6.07) is 0. The fraction of sp³-hybridized carbons (Fsp3) is 0.800. The Morgan fingerprint density at radius 3 is 2.25 bits per heavy atom. The molecule has 0 N–H and O–H groups in total. The van der Waals surface area contributed by atoms with Gasteiger partial charge in [0.05, 0.1) is 5.38 Å². The van der Waals surface area contributed by atoms with Crippen molar-refractivity contribution in [3.8, 4) is 0 Å². The molecule has 0 nitrogen and oxygen atoms in total. The maximum atomic E-state index is 6.31. The Balaban J connectivity index is 2.48. The van der Waals surface area contributed by atoms with E-state index in [9.17, 15) is 0 Å². The first-order valence-corrected chi connectivity index (χ1v) is 7.60. The topological polar surface area (TPSA) is 0 Å². The van der Waals surface area contributed by atoms with Crippen LogP contribution in [-0.4, -0.2) is 21.5 Å². The second-order valence-electron chi connectivity index (χ2n) is 4.46. The molecular formula is C10H10Cl6. The van der Waals surface area contributed by atoms with Crippen LogP contribution in [0.3, 0.4) is 0 Å². The third kappa shape index (κ3) is 1.57. The van der Waals surface area contributed by atoms with Crippen LogP contribution in [0, 0.1) is 17.3 Å². The molecule has 92 valence electrons. The Labute approximate surface area is 125 Å². The zero-order valence-electron chi connectivity index (χ0n) is 8.20. The second-order valence-corrected chi connectivity index (χ2v) is 7.13. The zero-order valence-corrected chi connectivity index (χ0v) is 12.7. The van der Waals surface area contributed by atoms with Crippen LogP contribution in [0.1, 0.15) is 6.42 Å². The molecule has 2 bridgehead atoms. The number of fused-ring (bicyclic) bond motifs is 2. The highest BCUT2D eigenvalue weighted by atomic mass is 35.5. The molecule has 0 radical (unpaired) electrons. The van der Waals surface area contributed by atoms with Crippen molar-refractivity contribution in [2.75, 3.05) is 11.8 Å². The first kappa shape index (κ1) is 13.9. The van der Waals surface area contributed by atoms with Gasteiger partial charge in [-0.15, -0.1) is 34.8 Å². The average Bonchev–Trinajstić information content (AvgIpc) is 2.72. The van der Waals surface area contributed by atoms with Gasteiger partial charge in [-0.2, -0.15) is 0 Å². The predicted molar refractivity (Wildman–Crippen MR) is 73.5 cm³/mol. The summed E-state index contributed by atoms with van der Waals surface area (Å²) >= 11 is 36.9. The van der Waals surface area contributed by atoms with Gasteiger partial charge in [-0.05, 0) is 17.9 Å². The van der Waals surface area contributed by atoms with Gasteiger partial charge < -0.3 is 0 Å². The van der Waals surface area contributed by atoms with Crippen molar-refractivity contribution in [3.05, 3.63) is 11.1 Å². The molecule has 0 spiro atoms. The van der Waals surface area contributed by atoms with Crippen molar-refractivity contribution in [2.45, 2.75) is 16.1 Å². The molecule has 0 aromatic carbocycles. The minimum absolute atomic E-state index is 0.0432. The van der Waals surface area contributed by atoms with Crippen LogP contribution in [0.15, 0.2) is 11.1 Å². The van der Waals surface area contributed by atoms with Crippen molar-refractivity contribution in [3.63, 3.8) is 0 Å². The molecule has 2 rings (SSSR count). The lowest BCUT2D eigenvalue weighted by Crippen LogP contribution is -2.47. The third-order valence-corrected chi connectivity index (χ3v) is 6.99. The maximum Gasteiger partial charge on any atom is 0.141 e. The van der Waals surface area contributed by atoms with Crippen LogP contribution < -0.4 is 0 Å². The van der Waals surface area contributed by atoms with E-state index in [4.69, 9.17) is 69.6 Å². The summed E-state index contributed by atoms with van der Waals surface area (Å²) in [7, 11) is 0. The summed E-state index contributed by atoms with van der Waals surface area (Å²) in [6.07, 6.45) is 0.805. The normalized spacial score (nSPS) is 41.9. The largest absolute Gasteiger partial charge is 0.141 e. The van der Waals surface area contributed by atoms with Gasteiger partial charge in [-0.3, -0.25) is 0 Å². The minimum Gasteiger partial charge on any atom is -0.126 e. The van der Waals surface area contributed by atoms with Crippen LogP contribution >= 0.6 is 69.6 Å². The highest BCUT2D eigenvalue weighted by Gasteiger charge is 2.67. The lowest BCUT2D eigenvalue weighted by Gasteiger charge is -2.43. The Morgan fingerprint density at radius 2 is 1.81 bits per heavy atom. The molecule has 0 heterocycles. The van der Waals surface area contributed by atoms with Gasteiger partial charge in [0.25, 0.3) is 0 Å². The van der Waals surface area contributed by atoms with Gasteiger partial charge >= 0.3 is 0 Å². The van der Waals surface area contributed by atoms with E-state index >= 15 is 0 Å². The second kappa shape index (κ2) is 4.54. The maximum absolute atomic E-state index is 6.31. The van der Waals surface area contributed by atoms with Crippen molar-refractivity contribution in [2.24, 2.45) is 17.3 Å². The van der Waals surface area contributed by atoms with E-state index in [2.05, 4.69) is 0 Å². The summed E-state index contributed by atoms with van der Waals surface area (Å²) in [4.78, 5) is 0. The molecule has 3 atom stereocenters. The molecule has 0 aromatic rings. The van der Waals surface area contributed by atoms with Crippen molar-refractivity contribution in [1.29, 1.82) is 0 Å². The zero-order chi connectivity index (χ0) is 12.1. The molecule has 0 saturated heterocycles. The van der Waals surface area contributed by atoms with E-state index < -0.39 is 4.33 Å². The number of rotatable bonds is 2. The van der Waals surface area contributed by atoms with Crippen LogP contribution in [-0.2, 0) is 0 Å². The first-order valence-electron chi connectivity index (χ1n) is 4.90. The van der Waals surface area contributed by atoms with Crippen LogP contribution in [0.4, 0.5) is 0 Å². The molecule has 2 saturated carbocycles. The molecular weight excluding hydrogens is 333 g/mol. The van der Waals surface area contributed by atoms with Crippen molar-refractivity contribution in [1.82, 2.24) is 0 Å². The summed E-state index contributed by atoms with van der Waals surface area (Å²) in [5, 5.41) is -0.335. The van der Waals surface area contributed by atoms with Gasteiger partial charge in [0.2, 0.25) is 0 Å². The third-order valence-electron chi connectivity index (χ3n) is 3.93. The first-order chi connectivity index (χ1) is 7.45. The van der Waals surface area contributed by atoms with E-state index in [1.54, 1.807) is 0 Å². The number of hydrogen-bond donors (Lipinski definition) is 0. The van der Waals surface area contributed by atoms with E-state index in [-0.39, 0.29) is 22.6 Å². The average molecular weight is 343 g/mol. The summed E-state index contributed by atoms with van der Waals surface area (Å²) in [5.41, 5.74) is 2.12. The number of allylic oxidation sites excluding steroid dienone is 1. The van der Waals surface area contributed by atoms with Crippen molar-refractivity contribution < 1.29 is 0 Å². The highest BCUT2D eigenvalue weighted by Crippen LogP contribution is 2.68. The van der Waals surface area contributed by atoms with Crippen LogP contribution in [0.25, 0.3) is 0 Å². The summed E-state index contributed by atoms with van der Waals surface area (Å²) < 4.78 is -0.964. The standard InChI is InChI=1S/C10H10Cl6/c11-2-7-5-1-6(8(14)10(5,15)16)9(7,3-12)4-13/h2,5-6,8H,1,3-4H2/b7-2+/t5?,6?,8-/m1/s1. The lowest BCUT2D eigenvalue weighted by molar-refractivity contribution is 0.297. The molecule has 0 aromatic heterocycles. The Morgan fingerprint density at radius 1 is 1.25 bits per heavy atom. The van der Waals surface area contributed by atoms with E-state index in [0.717, 1.165) is 12.0 Å². The molecule has 0 amide bonds. The van der Waals surface area contributed by atoms with Gasteiger partial charge in [0.15, 0.2) is 0 Å². The number of alkyl halides is 5. The molecule has 16 heavy (non-hydrogen) atoms. The Hall–Kier alpha value is 1.48. The predicted octanol–water partition coefficient (Wildman–Crippen LogP) is 5.00. The molecule has 0 aliphatic heterocycles. The van der Waals surface area contributed by atoms with Crippen molar-refractivity contribution >= 4 is 69.6 Å². The summed E-state index contributed by atoms with van der Waals surface area (Å²) in [6.45, 7) is 0.